The van der Waals surface area contributed by atoms with Crippen molar-refractivity contribution in [3.63, 3.8) is 0 Å². The highest BCUT2D eigenvalue weighted by atomic mass is 15.0. The van der Waals surface area contributed by atoms with Crippen molar-refractivity contribution in [1.82, 2.24) is 14.5 Å². The quantitative estimate of drug-likeness (QED) is 0.167. The lowest BCUT2D eigenvalue weighted by Crippen LogP contribution is -1.97. The van der Waals surface area contributed by atoms with Gasteiger partial charge in [-0.2, -0.15) is 0 Å². The van der Waals surface area contributed by atoms with Gasteiger partial charge in [-0.05, 0) is 102 Å². The van der Waals surface area contributed by atoms with Gasteiger partial charge in [0, 0.05) is 27.6 Å². The van der Waals surface area contributed by atoms with Gasteiger partial charge in [-0.1, -0.05) is 200 Å². The van der Waals surface area contributed by atoms with Crippen LogP contribution in [0.5, 0.6) is 0 Å². The summed E-state index contributed by atoms with van der Waals surface area (Å²) in [5.74, 6) is 0. The third-order valence-electron chi connectivity index (χ3n) is 13.2. The topological polar surface area (TPSA) is 30.7 Å². The molecule has 13 rings (SSSR count). The van der Waals surface area contributed by atoms with Crippen LogP contribution in [0.15, 0.2) is 237 Å². The molecule has 0 fully saturated rings. The van der Waals surface area contributed by atoms with E-state index in [1.54, 1.807) is 0 Å². The van der Waals surface area contributed by atoms with E-state index in [0.717, 1.165) is 55.6 Å². The van der Waals surface area contributed by atoms with Crippen LogP contribution in [0.2, 0.25) is 0 Å². The highest BCUT2D eigenvalue weighted by Gasteiger charge is 2.21. The fourth-order valence-electron chi connectivity index (χ4n) is 10.1. The van der Waals surface area contributed by atoms with Crippen molar-refractivity contribution in [2.45, 2.75) is 0 Å². The zero-order chi connectivity index (χ0) is 42.8. The first kappa shape index (κ1) is 36.9. The summed E-state index contributed by atoms with van der Waals surface area (Å²) in [4.78, 5) is 10.7. The Bertz CT molecular complexity index is 3960. The van der Waals surface area contributed by atoms with Crippen LogP contribution >= 0.6 is 0 Å². The number of rotatable bonds is 6. The fourth-order valence-corrected chi connectivity index (χ4v) is 10.1. The highest BCUT2D eigenvalue weighted by Crippen LogP contribution is 2.45. The molecule has 0 N–H and O–H groups in total. The molecule has 13 aromatic rings. The van der Waals surface area contributed by atoms with E-state index in [2.05, 4.69) is 229 Å². The lowest BCUT2D eigenvalue weighted by molar-refractivity contribution is 1.19. The summed E-state index contributed by atoms with van der Waals surface area (Å²) in [6.07, 6.45) is 0. The molecule has 0 aliphatic heterocycles. The Morgan fingerprint density at radius 3 is 1.52 bits per heavy atom. The van der Waals surface area contributed by atoms with Crippen molar-refractivity contribution in [3.05, 3.63) is 237 Å². The van der Waals surface area contributed by atoms with Gasteiger partial charge in [0.25, 0.3) is 0 Å². The van der Waals surface area contributed by atoms with Crippen molar-refractivity contribution in [1.29, 1.82) is 0 Å². The number of benzene rings is 11. The molecule has 11 aromatic carbocycles. The number of nitrogens with zero attached hydrogens (tertiary/aromatic N) is 3. The third-order valence-corrected chi connectivity index (χ3v) is 13.2. The molecule has 2 aromatic heterocycles. The molecule has 3 nitrogen and oxygen atoms in total. The predicted molar refractivity (Wildman–Crippen MR) is 274 cm³/mol. The van der Waals surface area contributed by atoms with Crippen molar-refractivity contribution < 1.29 is 0 Å². The molecule has 0 aliphatic rings. The Kier molecular flexibility index (Phi) is 8.53. The molecule has 0 spiro atoms. The van der Waals surface area contributed by atoms with E-state index in [4.69, 9.17) is 9.97 Å². The van der Waals surface area contributed by atoms with E-state index in [0.29, 0.717) is 0 Å². The molecule has 0 aliphatic carbocycles. The number of aromatic nitrogens is 3. The van der Waals surface area contributed by atoms with E-state index < -0.39 is 0 Å². The van der Waals surface area contributed by atoms with Crippen LogP contribution in [0.3, 0.4) is 0 Å². The molecule has 0 atom stereocenters. The predicted octanol–water partition coefficient (Wildman–Crippen LogP) is 16.5. The second-order valence-electron chi connectivity index (χ2n) is 16.9. The van der Waals surface area contributed by atoms with Gasteiger partial charge in [-0.3, -0.25) is 0 Å². The maximum atomic E-state index is 5.37. The minimum Gasteiger partial charge on any atom is -0.309 e. The minimum atomic E-state index is 0.862. The minimum absolute atomic E-state index is 0.862. The van der Waals surface area contributed by atoms with Crippen LogP contribution in [0, 0.1) is 0 Å². The molecule has 302 valence electrons. The zero-order valence-electron chi connectivity index (χ0n) is 35.4. The molecular formula is C62H39N3. The SMILES string of the molecule is c1ccc(-c2ccc(-c3ccc(-c4nc5ccccc5nc4-c4cccc5cc(-n6c7ccc8ccccc8c7c7c8ccccc8c(-c8ccccc8)cc76)ccc45)cc3)cc2)cc1. The van der Waals surface area contributed by atoms with Crippen molar-refractivity contribution in [3.8, 4) is 61.6 Å². The second kappa shape index (κ2) is 15.0. The molecule has 0 unspecified atom stereocenters. The Hall–Kier alpha value is -8.66. The van der Waals surface area contributed by atoms with E-state index in [1.807, 2.05) is 12.1 Å². The second-order valence-corrected chi connectivity index (χ2v) is 16.9. The van der Waals surface area contributed by atoms with Crippen LogP contribution in [0.4, 0.5) is 0 Å². The van der Waals surface area contributed by atoms with Crippen LogP contribution in [0.1, 0.15) is 0 Å². The van der Waals surface area contributed by atoms with Crippen molar-refractivity contribution >= 4 is 65.2 Å². The smallest absolute Gasteiger partial charge is 0.0979 e. The average Bonchev–Trinajstić information content (AvgIpc) is 3.73. The largest absolute Gasteiger partial charge is 0.309 e. The molecule has 3 heteroatoms. The van der Waals surface area contributed by atoms with E-state index in [1.165, 1.54) is 71.2 Å². The molecule has 65 heavy (non-hydrogen) atoms. The Morgan fingerprint density at radius 1 is 0.277 bits per heavy atom. The monoisotopic (exact) mass is 825 g/mol. The summed E-state index contributed by atoms with van der Waals surface area (Å²) in [5.41, 5.74) is 16.2. The van der Waals surface area contributed by atoms with Crippen LogP contribution < -0.4 is 0 Å². The zero-order valence-corrected chi connectivity index (χ0v) is 35.4. The van der Waals surface area contributed by atoms with Gasteiger partial charge in [0.1, 0.15) is 0 Å². The van der Waals surface area contributed by atoms with Gasteiger partial charge >= 0.3 is 0 Å². The van der Waals surface area contributed by atoms with Crippen molar-refractivity contribution in [2.24, 2.45) is 0 Å². The molecule has 0 amide bonds. The molecule has 2 heterocycles. The lowest BCUT2D eigenvalue weighted by atomic mass is 9.94. The number of fused-ring (bicyclic) bond motifs is 9. The molecular weight excluding hydrogens is 787 g/mol. The van der Waals surface area contributed by atoms with Crippen LogP contribution in [0.25, 0.3) is 127 Å². The van der Waals surface area contributed by atoms with Crippen molar-refractivity contribution in [2.75, 3.05) is 0 Å². The first-order valence-corrected chi connectivity index (χ1v) is 22.2. The van der Waals surface area contributed by atoms with Gasteiger partial charge in [0.15, 0.2) is 0 Å². The Balaban J connectivity index is 0.977. The molecule has 0 saturated heterocycles. The first-order chi connectivity index (χ1) is 32.2. The Labute approximate surface area is 376 Å². The summed E-state index contributed by atoms with van der Waals surface area (Å²) in [7, 11) is 0. The van der Waals surface area contributed by atoms with E-state index in [9.17, 15) is 0 Å². The maximum absolute atomic E-state index is 5.37. The standard InChI is InChI=1S/C62H39N3/c1-3-14-40(15-4-1)41-26-28-42(29-27-41)43-30-32-46(33-31-43)61-62(64-56-25-12-11-24-55(56)63-61)53-23-13-19-47-38-48(35-36-49(47)53)65-57-37-34-45-18-7-8-20-50(45)59(57)60-52-22-10-9-21-51(52)54(39-58(60)65)44-16-5-2-6-17-44/h1-39H. The number of hydrogen-bond donors (Lipinski definition) is 0. The maximum Gasteiger partial charge on any atom is 0.0979 e. The number of para-hydroxylation sites is 2. The summed E-state index contributed by atoms with van der Waals surface area (Å²) >= 11 is 0. The van der Waals surface area contributed by atoms with Gasteiger partial charge < -0.3 is 4.57 Å². The number of hydrogen-bond acceptors (Lipinski definition) is 2. The highest BCUT2D eigenvalue weighted by molar-refractivity contribution is 6.30. The summed E-state index contributed by atoms with van der Waals surface area (Å²) in [6.45, 7) is 0. The van der Waals surface area contributed by atoms with Crippen LogP contribution in [-0.2, 0) is 0 Å². The molecule has 0 saturated carbocycles. The van der Waals surface area contributed by atoms with Gasteiger partial charge in [-0.25, -0.2) is 9.97 Å². The van der Waals surface area contributed by atoms with Gasteiger partial charge in [-0.15, -0.1) is 0 Å². The summed E-state index contributed by atoms with van der Waals surface area (Å²) in [6, 6.07) is 85.2. The van der Waals surface area contributed by atoms with Gasteiger partial charge in [0.2, 0.25) is 0 Å². The summed E-state index contributed by atoms with van der Waals surface area (Å²) in [5, 5.41) is 9.79. The van der Waals surface area contributed by atoms with Crippen LogP contribution in [-0.4, -0.2) is 14.5 Å². The average molecular weight is 826 g/mol. The lowest BCUT2D eigenvalue weighted by Gasteiger charge is -2.15. The van der Waals surface area contributed by atoms with E-state index in [-0.39, 0.29) is 0 Å². The third kappa shape index (κ3) is 6.12. The Morgan fingerprint density at radius 2 is 0.815 bits per heavy atom. The van der Waals surface area contributed by atoms with E-state index >= 15 is 0 Å². The van der Waals surface area contributed by atoms with Gasteiger partial charge in [0.05, 0.1) is 33.5 Å². The normalized spacial score (nSPS) is 11.7. The first-order valence-electron chi connectivity index (χ1n) is 22.2. The fraction of sp³-hybridized carbons (Fsp3) is 0. The molecule has 0 bridgehead atoms. The summed E-state index contributed by atoms with van der Waals surface area (Å²) < 4.78 is 2.47. The molecule has 0 radical (unpaired) electrons.